The van der Waals surface area contributed by atoms with Gasteiger partial charge in [0.15, 0.2) is 0 Å². The molecular formula is C25H27FN2O2S2. The molecule has 1 saturated carbocycles. The van der Waals surface area contributed by atoms with Crippen molar-refractivity contribution in [1.82, 2.24) is 9.80 Å². The predicted molar refractivity (Wildman–Crippen MR) is 127 cm³/mol. The first kappa shape index (κ1) is 22.7. The normalized spacial score (nSPS) is 14.3. The van der Waals surface area contributed by atoms with Gasteiger partial charge >= 0.3 is 0 Å². The molecule has 0 N–H and O–H groups in total. The summed E-state index contributed by atoms with van der Waals surface area (Å²) in [6.45, 7) is 0.913. The van der Waals surface area contributed by atoms with E-state index in [1.807, 2.05) is 35.0 Å². The summed E-state index contributed by atoms with van der Waals surface area (Å²) >= 11 is 3.02. The van der Waals surface area contributed by atoms with Gasteiger partial charge < -0.3 is 9.80 Å². The third kappa shape index (κ3) is 5.84. The Morgan fingerprint density at radius 3 is 2.28 bits per heavy atom. The van der Waals surface area contributed by atoms with Gasteiger partial charge in [0, 0.05) is 17.5 Å². The van der Waals surface area contributed by atoms with Crippen LogP contribution in [0.15, 0.2) is 59.3 Å². The van der Waals surface area contributed by atoms with Gasteiger partial charge in [0.2, 0.25) is 5.91 Å². The number of nitrogens with zero attached hydrogens (tertiary/aromatic N) is 2. The van der Waals surface area contributed by atoms with Crippen molar-refractivity contribution in [3.63, 3.8) is 0 Å². The number of carbonyl (C=O) groups excluding carboxylic acids is 2. The number of halogens is 1. The minimum atomic E-state index is -0.296. The molecule has 0 saturated heterocycles. The van der Waals surface area contributed by atoms with Crippen LogP contribution in [-0.4, -0.2) is 34.2 Å². The van der Waals surface area contributed by atoms with E-state index in [1.54, 1.807) is 33.3 Å². The monoisotopic (exact) mass is 470 g/mol. The minimum Gasteiger partial charge on any atom is -0.332 e. The van der Waals surface area contributed by atoms with Crippen LogP contribution in [-0.2, 0) is 17.9 Å². The second-order valence-corrected chi connectivity index (χ2v) is 10.1. The number of carbonyl (C=O) groups is 2. The number of amides is 2. The number of hydrogen-bond acceptors (Lipinski definition) is 4. The fraction of sp³-hybridized carbons (Fsp3) is 0.360. The molecule has 0 atom stereocenters. The van der Waals surface area contributed by atoms with Gasteiger partial charge in [-0.15, -0.1) is 22.7 Å². The van der Waals surface area contributed by atoms with Crippen LogP contribution in [0, 0.1) is 5.82 Å². The van der Waals surface area contributed by atoms with Crippen LogP contribution in [0.2, 0.25) is 0 Å². The second kappa shape index (κ2) is 10.9. The number of thiophene rings is 2. The van der Waals surface area contributed by atoms with Crippen LogP contribution in [0.1, 0.15) is 52.2 Å². The van der Waals surface area contributed by atoms with Crippen molar-refractivity contribution in [3.05, 3.63) is 80.4 Å². The Morgan fingerprint density at radius 2 is 1.62 bits per heavy atom. The molecule has 1 aromatic carbocycles. The Labute approximate surface area is 196 Å². The molecule has 32 heavy (non-hydrogen) atoms. The Hall–Kier alpha value is -2.51. The largest absolute Gasteiger partial charge is 0.332 e. The molecule has 2 amide bonds. The van der Waals surface area contributed by atoms with Crippen molar-refractivity contribution in [2.24, 2.45) is 0 Å². The van der Waals surface area contributed by atoms with Crippen LogP contribution >= 0.6 is 22.7 Å². The molecule has 7 heteroatoms. The third-order valence-electron chi connectivity index (χ3n) is 5.88. The van der Waals surface area contributed by atoms with Gasteiger partial charge in [0.1, 0.15) is 12.4 Å². The zero-order valence-corrected chi connectivity index (χ0v) is 19.5. The zero-order valence-electron chi connectivity index (χ0n) is 17.9. The maximum absolute atomic E-state index is 13.5. The fourth-order valence-electron chi connectivity index (χ4n) is 4.18. The summed E-state index contributed by atoms with van der Waals surface area (Å²) in [7, 11) is 0. The quantitative estimate of drug-likeness (QED) is 0.408. The van der Waals surface area contributed by atoms with Gasteiger partial charge in [-0.1, -0.05) is 43.5 Å². The van der Waals surface area contributed by atoms with E-state index in [4.69, 9.17) is 0 Å². The first-order valence-electron chi connectivity index (χ1n) is 11.0. The lowest BCUT2D eigenvalue weighted by atomic mass is 9.94. The Balaban J connectivity index is 1.55. The van der Waals surface area contributed by atoms with Crippen molar-refractivity contribution in [2.75, 3.05) is 6.54 Å². The van der Waals surface area contributed by atoms with Crippen LogP contribution < -0.4 is 0 Å². The molecule has 0 aliphatic heterocycles. The summed E-state index contributed by atoms with van der Waals surface area (Å²) in [5.41, 5.74) is 0.866. The molecule has 2 heterocycles. The number of hydrogen-bond donors (Lipinski definition) is 0. The minimum absolute atomic E-state index is 0.0573. The van der Waals surface area contributed by atoms with Crippen molar-refractivity contribution in [2.45, 2.75) is 51.2 Å². The topological polar surface area (TPSA) is 40.6 Å². The molecule has 1 aliphatic carbocycles. The highest BCUT2D eigenvalue weighted by Crippen LogP contribution is 2.26. The standard InChI is InChI=1S/C25H27FN2O2S2/c26-20-12-10-19(11-13-20)16-27(17-22-8-4-14-31-22)24(29)18-28(21-6-2-1-3-7-21)25(30)23-9-5-15-32-23/h4-5,8-15,21H,1-3,6-7,16-18H2. The summed E-state index contributed by atoms with van der Waals surface area (Å²) in [6.07, 6.45) is 5.23. The van der Waals surface area contributed by atoms with E-state index in [0.29, 0.717) is 18.0 Å². The van der Waals surface area contributed by atoms with Crippen LogP contribution in [0.5, 0.6) is 0 Å². The lowest BCUT2D eigenvalue weighted by Crippen LogP contribution is -2.47. The summed E-state index contributed by atoms with van der Waals surface area (Å²) in [5, 5.41) is 3.89. The van der Waals surface area contributed by atoms with E-state index in [9.17, 15) is 14.0 Å². The molecule has 168 valence electrons. The van der Waals surface area contributed by atoms with E-state index in [2.05, 4.69) is 0 Å². The SMILES string of the molecule is O=C(CN(C(=O)c1cccs1)C1CCCCC1)N(Cc1ccc(F)cc1)Cc1cccs1. The van der Waals surface area contributed by atoms with E-state index >= 15 is 0 Å². The van der Waals surface area contributed by atoms with Gasteiger partial charge in [-0.2, -0.15) is 0 Å². The van der Waals surface area contributed by atoms with E-state index in [0.717, 1.165) is 36.1 Å². The highest BCUT2D eigenvalue weighted by Gasteiger charge is 2.30. The van der Waals surface area contributed by atoms with Crippen molar-refractivity contribution in [1.29, 1.82) is 0 Å². The van der Waals surface area contributed by atoms with Gasteiger partial charge in [0.05, 0.1) is 11.4 Å². The van der Waals surface area contributed by atoms with Gasteiger partial charge in [-0.05, 0) is 53.4 Å². The van der Waals surface area contributed by atoms with Gasteiger partial charge in [0.25, 0.3) is 5.91 Å². The van der Waals surface area contributed by atoms with E-state index in [1.165, 1.54) is 29.9 Å². The zero-order chi connectivity index (χ0) is 22.3. The highest BCUT2D eigenvalue weighted by molar-refractivity contribution is 7.12. The molecule has 1 aliphatic rings. The van der Waals surface area contributed by atoms with E-state index in [-0.39, 0.29) is 30.2 Å². The van der Waals surface area contributed by atoms with Crippen LogP contribution in [0.3, 0.4) is 0 Å². The highest BCUT2D eigenvalue weighted by atomic mass is 32.1. The average Bonchev–Trinajstić information content (AvgIpc) is 3.53. The smallest absolute Gasteiger partial charge is 0.264 e. The molecule has 0 spiro atoms. The second-order valence-electron chi connectivity index (χ2n) is 8.16. The molecular weight excluding hydrogens is 443 g/mol. The fourth-order valence-corrected chi connectivity index (χ4v) is 5.58. The van der Waals surface area contributed by atoms with Crippen LogP contribution in [0.4, 0.5) is 4.39 Å². The Morgan fingerprint density at radius 1 is 0.906 bits per heavy atom. The van der Waals surface area contributed by atoms with Crippen molar-refractivity contribution >= 4 is 34.5 Å². The van der Waals surface area contributed by atoms with Gasteiger partial charge in [-0.25, -0.2) is 4.39 Å². The predicted octanol–water partition coefficient (Wildman–Crippen LogP) is 5.95. The third-order valence-corrected chi connectivity index (χ3v) is 7.60. The first-order valence-corrected chi connectivity index (χ1v) is 12.7. The summed E-state index contributed by atoms with van der Waals surface area (Å²) < 4.78 is 13.4. The number of rotatable bonds is 8. The maximum Gasteiger partial charge on any atom is 0.264 e. The summed E-state index contributed by atoms with van der Waals surface area (Å²) in [5.74, 6) is -0.439. The Kier molecular flexibility index (Phi) is 7.71. The lowest BCUT2D eigenvalue weighted by Gasteiger charge is -2.35. The molecule has 3 aromatic rings. The van der Waals surface area contributed by atoms with Crippen molar-refractivity contribution in [3.8, 4) is 0 Å². The summed E-state index contributed by atoms with van der Waals surface area (Å²) in [4.78, 5) is 32.2. The molecule has 4 rings (SSSR count). The van der Waals surface area contributed by atoms with Crippen LogP contribution in [0.25, 0.3) is 0 Å². The van der Waals surface area contributed by atoms with Gasteiger partial charge in [-0.3, -0.25) is 9.59 Å². The first-order chi connectivity index (χ1) is 15.6. The maximum atomic E-state index is 13.5. The molecule has 0 radical (unpaired) electrons. The summed E-state index contributed by atoms with van der Waals surface area (Å²) in [6, 6.07) is 14.0. The Bertz CT molecular complexity index is 997. The van der Waals surface area contributed by atoms with Crippen molar-refractivity contribution < 1.29 is 14.0 Å². The lowest BCUT2D eigenvalue weighted by molar-refractivity contribution is -0.133. The molecule has 1 fully saturated rings. The molecule has 4 nitrogen and oxygen atoms in total. The molecule has 2 aromatic heterocycles. The van der Waals surface area contributed by atoms with E-state index < -0.39 is 0 Å². The molecule has 0 unspecified atom stereocenters. The average molecular weight is 471 g/mol. The number of benzene rings is 1. The molecule has 0 bridgehead atoms.